The maximum atomic E-state index is 6.12. The summed E-state index contributed by atoms with van der Waals surface area (Å²) in [4.78, 5) is 0. The van der Waals surface area contributed by atoms with Crippen molar-refractivity contribution in [3.05, 3.63) is 37.5 Å². The predicted octanol–water partition coefficient (Wildman–Crippen LogP) is 4.30. The molecule has 0 saturated carbocycles. The molecule has 1 N–H and O–H groups in total. The second-order valence-electron chi connectivity index (χ2n) is 3.11. The molecule has 0 aliphatic carbocycles. The summed E-state index contributed by atoms with van der Waals surface area (Å²) in [7, 11) is 0. The van der Waals surface area contributed by atoms with E-state index in [1.165, 1.54) is 0 Å². The van der Waals surface area contributed by atoms with Crippen LogP contribution in [0.1, 0.15) is 5.69 Å². The summed E-state index contributed by atoms with van der Waals surface area (Å²) in [6.45, 7) is 1.97. The van der Waals surface area contributed by atoms with Gasteiger partial charge in [0, 0.05) is 11.3 Å². The predicted molar refractivity (Wildman–Crippen MR) is 71.5 cm³/mol. The minimum absolute atomic E-state index is 0.545. The number of hydrogen-bond acceptors (Lipinski definition) is 1. The molecular weight excluding hydrogens is 346 g/mol. The van der Waals surface area contributed by atoms with Crippen LogP contribution in [0.15, 0.2) is 18.2 Å². The Bertz CT molecular complexity index is 508. The van der Waals surface area contributed by atoms with E-state index in [-0.39, 0.29) is 0 Å². The quantitative estimate of drug-likeness (QED) is 0.762. The normalized spacial score (nSPS) is 10.7. The van der Waals surface area contributed by atoms with Gasteiger partial charge < -0.3 is 0 Å². The number of nitrogens with zero attached hydrogens (tertiary/aromatic N) is 1. The van der Waals surface area contributed by atoms with Crippen molar-refractivity contribution in [2.24, 2.45) is 0 Å². The molecule has 2 nitrogen and oxygen atoms in total. The lowest BCUT2D eigenvalue weighted by molar-refractivity contribution is 1.05. The molecular formula is C10H7Cl2IN2. The number of hydrogen-bond donors (Lipinski definition) is 1. The van der Waals surface area contributed by atoms with Gasteiger partial charge in [-0.3, -0.25) is 5.10 Å². The number of benzene rings is 1. The van der Waals surface area contributed by atoms with Gasteiger partial charge in [0.1, 0.15) is 5.69 Å². The summed E-state index contributed by atoms with van der Waals surface area (Å²) >= 11 is 14.3. The van der Waals surface area contributed by atoms with Crippen LogP contribution < -0.4 is 0 Å². The number of aryl methyl sites for hydroxylation is 1. The molecule has 0 amide bonds. The molecule has 0 atom stereocenters. The van der Waals surface area contributed by atoms with E-state index in [0.717, 1.165) is 20.5 Å². The second kappa shape index (κ2) is 4.31. The third kappa shape index (κ3) is 2.00. The molecule has 1 aromatic carbocycles. The van der Waals surface area contributed by atoms with Crippen LogP contribution in [0, 0.1) is 10.5 Å². The third-order valence-electron chi connectivity index (χ3n) is 2.08. The molecule has 5 heteroatoms. The number of aromatic nitrogens is 2. The summed E-state index contributed by atoms with van der Waals surface area (Å²) in [5.74, 6) is 0. The number of H-pyrrole nitrogens is 1. The molecule has 0 unspecified atom stereocenters. The molecule has 15 heavy (non-hydrogen) atoms. The van der Waals surface area contributed by atoms with Crippen molar-refractivity contribution in [3.8, 4) is 11.3 Å². The van der Waals surface area contributed by atoms with Crippen LogP contribution in [0.4, 0.5) is 0 Å². The van der Waals surface area contributed by atoms with E-state index in [1.54, 1.807) is 6.07 Å². The lowest BCUT2D eigenvalue weighted by Gasteiger charge is -2.02. The number of nitrogens with one attached hydrogen (secondary N) is 1. The zero-order valence-electron chi connectivity index (χ0n) is 7.81. The Morgan fingerprint density at radius 3 is 2.67 bits per heavy atom. The molecule has 2 aromatic rings. The Hall–Kier alpha value is -0.260. The van der Waals surface area contributed by atoms with Crippen LogP contribution in [-0.4, -0.2) is 10.2 Å². The first-order valence-corrected chi connectivity index (χ1v) is 6.09. The smallest absolute Gasteiger partial charge is 0.107 e. The van der Waals surface area contributed by atoms with Gasteiger partial charge in [0.25, 0.3) is 0 Å². The fraction of sp³-hybridized carbons (Fsp3) is 0.100. The fourth-order valence-corrected chi connectivity index (χ4v) is 2.20. The zero-order valence-corrected chi connectivity index (χ0v) is 11.5. The summed E-state index contributed by atoms with van der Waals surface area (Å²) in [5.41, 5.74) is 2.74. The van der Waals surface area contributed by atoms with E-state index in [0.29, 0.717) is 10.0 Å². The van der Waals surface area contributed by atoms with Gasteiger partial charge in [-0.2, -0.15) is 5.10 Å². The van der Waals surface area contributed by atoms with Gasteiger partial charge in [-0.25, -0.2) is 0 Å². The summed E-state index contributed by atoms with van der Waals surface area (Å²) in [5, 5.41) is 8.23. The average molecular weight is 353 g/mol. The number of aromatic amines is 1. The largest absolute Gasteiger partial charge is 0.281 e. The average Bonchev–Trinajstić information content (AvgIpc) is 2.53. The maximum absolute atomic E-state index is 6.12. The van der Waals surface area contributed by atoms with Gasteiger partial charge in [-0.15, -0.1) is 0 Å². The topological polar surface area (TPSA) is 28.7 Å². The molecule has 0 radical (unpaired) electrons. The van der Waals surface area contributed by atoms with Crippen molar-refractivity contribution in [1.82, 2.24) is 10.2 Å². The minimum atomic E-state index is 0.545. The number of halogens is 3. The van der Waals surface area contributed by atoms with E-state index in [1.807, 2.05) is 19.1 Å². The Morgan fingerprint density at radius 2 is 2.07 bits per heavy atom. The first kappa shape index (κ1) is 11.2. The van der Waals surface area contributed by atoms with Crippen LogP contribution >= 0.6 is 45.8 Å². The zero-order chi connectivity index (χ0) is 11.0. The van der Waals surface area contributed by atoms with Crippen molar-refractivity contribution in [2.45, 2.75) is 6.92 Å². The molecule has 2 rings (SSSR count). The van der Waals surface area contributed by atoms with E-state index in [2.05, 4.69) is 32.8 Å². The molecule has 78 valence electrons. The van der Waals surface area contributed by atoms with Gasteiger partial charge in [0.05, 0.1) is 13.6 Å². The molecule has 1 aromatic heterocycles. The fourth-order valence-electron chi connectivity index (χ4n) is 1.28. The Morgan fingerprint density at radius 1 is 1.33 bits per heavy atom. The van der Waals surface area contributed by atoms with Crippen molar-refractivity contribution in [2.75, 3.05) is 0 Å². The van der Waals surface area contributed by atoms with Crippen LogP contribution in [0.2, 0.25) is 10.0 Å². The molecule has 0 saturated heterocycles. The van der Waals surface area contributed by atoms with Crippen LogP contribution in [0.25, 0.3) is 11.3 Å². The first-order chi connectivity index (χ1) is 7.11. The molecule has 0 aliphatic rings. The lowest BCUT2D eigenvalue weighted by Crippen LogP contribution is -1.83. The van der Waals surface area contributed by atoms with Crippen LogP contribution in [0.3, 0.4) is 0 Å². The van der Waals surface area contributed by atoms with Gasteiger partial charge >= 0.3 is 0 Å². The molecule has 0 bridgehead atoms. The van der Waals surface area contributed by atoms with Gasteiger partial charge in [0.15, 0.2) is 0 Å². The van der Waals surface area contributed by atoms with E-state index in [9.17, 15) is 0 Å². The first-order valence-electron chi connectivity index (χ1n) is 4.26. The van der Waals surface area contributed by atoms with Crippen molar-refractivity contribution in [1.29, 1.82) is 0 Å². The van der Waals surface area contributed by atoms with Gasteiger partial charge in [-0.05, 0) is 35.6 Å². The molecule has 1 heterocycles. The number of rotatable bonds is 1. The van der Waals surface area contributed by atoms with Crippen LogP contribution in [0.5, 0.6) is 0 Å². The molecule has 0 aliphatic heterocycles. The highest BCUT2D eigenvalue weighted by Gasteiger charge is 2.13. The summed E-state index contributed by atoms with van der Waals surface area (Å²) in [6, 6.07) is 5.54. The molecule has 0 spiro atoms. The Kier molecular flexibility index (Phi) is 3.23. The van der Waals surface area contributed by atoms with Crippen molar-refractivity contribution >= 4 is 45.8 Å². The van der Waals surface area contributed by atoms with Crippen LogP contribution in [-0.2, 0) is 0 Å². The van der Waals surface area contributed by atoms with Gasteiger partial charge in [-0.1, -0.05) is 35.3 Å². The highest BCUT2D eigenvalue weighted by Crippen LogP contribution is 2.35. The van der Waals surface area contributed by atoms with Crippen molar-refractivity contribution in [3.63, 3.8) is 0 Å². The van der Waals surface area contributed by atoms with E-state index < -0.39 is 0 Å². The monoisotopic (exact) mass is 352 g/mol. The highest BCUT2D eigenvalue weighted by molar-refractivity contribution is 14.1. The van der Waals surface area contributed by atoms with E-state index >= 15 is 0 Å². The third-order valence-corrected chi connectivity index (χ3v) is 4.22. The Labute approximate surface area is 111 Å². The summed E-state index contributed by atoms with van der Waals surface area (Å²) in [6.07, 6.45) is 0. The van der Waals surface area contributed by atoms with Gasteiger partial charge in [0.2, 0.25) is 0 Å². The molecule has 0 fully saturated rings. The highest BCUT2D eigenvalue weighted by atomic mass is 127. The SMILES string of the molecule is Cc1[nH]nc(-c2cccc(Cl)c2Cl)c1I. The standard InChI is InChI=1S/C10H7Cl2IN2/c1-5-9(13)10(15-14-5)6-3-2-4-7(11)8(6)12/h2-4H,1H3,(H,14,15). The minimum Gasteiger partial charge on any atom is -0.281 e. The maximum Gasteiger partial charge on any atom is 0.107 e. The van der Waals surface area contributed by atoms with E-state index in [4.69, 9.17) is 23.2 Å². The Balaban J connectivity index is 2.64. The second-order valence-corrected chi connectivity index (χ2v) is 4.98. The lowest BCUT2D eigenvalue weighted by atomic mass is 10.1. The van der Waals surface area contributed by atoms with Crippen molar-refractivity contribution < 1.29 is 0 Å². The summed E-state index contributed by atoms with van der Waals surface area (Å²) < 4.78 is 1.07.